The first-order valence-corrected chi connectivity index (χ1v) is 4.91. The van der Waals surface area contributed by atoms with Crippen molar-refractivity contribution in [3.8, 4) is 0 Å². The molecule has 14 heavy (non-hydrogen) atoms. The van der Waals surface area contributed by atoms with Crippen molar-refractivity contribution in [3.63, 3.8) is 0 Å². The number of benzene rings is 1. The normalized spacial score (nSPS) is 26.0. The minimum atomic E-state index is -0.195. The molecule has 0 amide bonds. The van der Waals surface area contributed by atoms with Gasteiger partial charge in [-0.2, -0.15) is 0 Å². The fourth-order valence-corrected chi connectivity index (χ4v) is 1.71. The maximum atomic E-state index is 6.08. The molecule has 0 radical (unpaired) electrons. The number of nitrogens with two attached hydrogens (primary N) is 1. The summed E-state index contributed by atoms with van der Waals surface area (Å²) in [5.41, 5.74) is 8.34. The summed E-state index contributed by atoms with van der Waals surface area (Å²) in [5, 5.41) is 0. The second kappa shape index (κ2) is 3.43. The highest BCUT2D eigenvalue weighted by atomic mass is 14.7. The topological polar surface area (TPSA) is 26.0 Å². The zero-order chi connectivity index (χ0) is 10.0. The summed E-state index contributed by atoms with van der Waals surface area (Å²) < 4.78 is 0. The van der Waals surface area contributed by atoms with E-state index >= 15 is 0 Å². The average Bonchev–Trinajstić information content (AvgIpc) is 2.18. The van der Waals surface area contributed by atoms with E-state index < -0.39 is 0 Å². The van der Waals surface area contributed by atoms with Gasteiger partial charge in [0.05, 0.1) is 0 Å². The molecule has 0 bridgehead atoms. The molecule has 0 fully saturated rings. The molecule has 1 aromatic carbocycles. The Morgan fingerprint density at radius 1 is 1.21 bits per heavy atom. The lowest BCUT2D eigenvalue weighted by Crippen LogP contribution is -2.34. The predicted octanol–water partition coefficient (Wildman–Crippen LogP) is 2.75. The molecule has 2 N–H and O–H groups in total. The Bertz CT molecular complexity index is 371. The number of hydrogen-bond donors (Lipinski definition) is 1. The minimum Gasteiger partial charge on any atom is -0.322 e. The Hall–Kier alpha value is -1.34. The van der Waals surface area contributed by atoms with Crippen molar-refractivity contribution in [1.29, 1.82) is 0 Å². The molecule has 1 atom stereocenters. The van der Waals surface area contributed by atoms with Crippen molar-refractivity contribution in [1.82, 2.24) is 0 Å². The van der Waals surface area contributed by atoms with Crippen molar-refractivity contribution in [3.05, 3.63) is 54.1 Å². The molecule has 0 aromatic heterocycles. The molecule has 1 nitrogen and oxygen atoms in total. The molecule has 0 unspecified atom stereocenters. The molecule has 1 aromatic rings. The zero-order valence-electron chi connectivity index (χ0n) is 8.40. The quantitative estimate of drug-likeness (QED) is 0.715. The van der Waals surface area contributed by atoms with E-state index in [9.17, 15) is 0 Å². The summed E-state index contributed by atoms with van der Waals surface area (Å²) in [4.78, 5) is 0. The Morgan fingerprint density at radius 2 is 1.93 bits per heavy atom. The second-order valence-electron chi connectivity index (χ2n) is 4.08. The van der Waals surface area contributed by atoms with E-state index in [0.29, 0.717) is 0 Å². The van der Waals surface area contributed by atoms with Crippen LogP contribution in [0.15, 0.2) is 48.6 Å². The van der Waals surface area contributed by atoms with Gasteiger partial charge in [-0.05, 0) is 24.5 Å². The molecule has 0 heterocycles. The molecule has 2 rings (SSSR count). The van der Waals surface area contributed by atoms with Crippen LogP contribution in [0.4, 0.5) is 0 Å². The molecule has 0 saturated carbocycles. The van der Waals surface area contributed by atoms with E-state index in [0.717, 1.165) is 6.42 Å². The van der Waals surface area contributed by atoms with E-state index in [-0.39, 0.29) is 5.54 Å². The van der Waals surface area contributed by atoms with E-state index in [1.54, 1.807) is 0 Å². The SMILES string of the molecule is C[C@@]1(N)C=C(c2ccccc2)C=CC1. The third-order valence-electron chi connectivity index (χ3n) is 2.45. The van der Waals surface area contributed by atoms with Gasteiger partial charge >= 0.3 is 0 Å². The van der Waals surface area contributed by atoms with Gasteiger partial charge in [-0.1, -0.05) is 48.6 Å². The number of hydrogen-bond acceptors (Lipinski definition) is 1. The van der Waals surface area contributed by atoms with Crippen molar-refractivity contribution in [2.24, 2.45) is 5.73 Å². The first kappa shape index (κ1) is 9.22. The van der Waals surface area contributed by atoms with Crippen LogP contribution in [0, 0.1) is 0 Å². The van der Waals surface area contributed by atoms with Gasteiger partial charge < -0.3 is 5.73 Å². The lowest BCUT2D eigenvalue weighted by Gasteiger charge is -2.23. The minimum absolute atomic E-state index is 0.195. The highest BCUT2D eigenvalue weighted by Crippen LogP contribution is 2.25. The lowest BCUT2D eigenvalue weighted by atomic mass is 9.88. The van der Waals surface area contributed by atoms with Crippen molar-refractivity contribution >= 4 is 5.57 Å². The van der Waals surface area contributed by atoms with Gasteiger partial charge in [-0.25, -0.2) is 0 Å². The van der Waals surface area contributed by atoms with E-state index in [2.05, 4.69) is 37.3 Å². The molecule has 1 aliphatic rings. The van der Waals surface area contributed by atoms with Crippen LogP contribution in [-0.4, -0.2) is 5.54 Å². The van der Waals surface area contributed by atoms with E-state index in [1.165, 1.54) is 11.1 Å². The van der Waals surface area contributed by atoms with Crippen LogP contribution in [0.5, 0.6) is 0 Å². The van der Waals surface area contributed by atoms with Gasteiger partial charge in [0.1, 0.15) is 0 Å². The fraction of sp³-hybridized carbons (Fsp3) is 0.231. The van der Waals surface area contributed by atoms with Gasteiger partial charge in [0.25, 0.3) is 0 Å². The fourth-order valence-electron chi connectivity index (χ4n) is 1.71. The summed E-state index contributed by atoms with van der Waals surface area (Å²) in [6, 6.07) is 10.3. The summed E-state index contributed by atoms with van der Waals surface area (Å²) in [5.74, 6) is 0. The number of rotatable bonds is 1. The Kier molecular flexibility index (Phi) is 2.26. The molecular weight excluding hydrogens is 170 g/mol. The van der Waals surface area contributed by atoms with Crippen LogP contribution in [0.3, 0.4) is 0 Å². The van der Waals surface area contributed by atoms with Crippen molar-refractivity contribution < 1.29 is 0 Å². The largest absolute Gasteiger partial charge is 0.322 e. The molecule has 0 aliphatic heterocycles. The van der Waals surface area contributed by atoms with E-state index in [4.69, 9.17) is 5.73 Å². The molecule has 1 heteroatoms. The van der Waals surface area contributed by atoms with Gasteiger partial charge in [-0.3, -0.25) is 0 Å². The molecule has 0 spiro atoms. The average molecular weight is 185 g/mol. The van der Waals surface area contributed by atoms with Crippen LogP contribution >= 0.6 is 0 Å². The van der Waals surface area contributed by atoms with Crippen LogP contribution in [0.25, 0.3) is 5.57 Å². The summed E-state index contributed by atoms with van der Waals surface area (Å²) in [6.45, 7) is 2.06. The third-order valence-corrected chi connectivity index (χ3v) is 2.45. The zero-order valence-corrected chi connectivity index (χ0v) is 8.40. The first-order chi connectivity index (χ1) is 6.67. The highest BCUT2D eigenvalue weighted by Gasteiger charge is 2.17. The predicted molar refractivity (Wildman–Crippen MR) is 60.8 cm³/mol. The highest BCUT2D eigenvalue weighted by molar-refractivity contribution is 5.76. The maximum absolute atomic E-state index is 6.08. The first-order valence-electron chi connectivity index (χ1n) is 4.91. The van der Waals surface area contributed by atoms with Crippen LogP contribution < -0.4 is 5.73 Å². The summed E-state index contributed by atoms with van der Waals surface area (Å²) in [6.07, 6.45) is 7.35. The molecular formula is C13H15N. The Balaban J connectivity index is 2.36. The Morgan fingerprint density at radius 3 is 2.57 bits per heavy atom. The molecule has 1 aliphatic carbocycles. The summed E-state index contributed by atoms with van der Waals surface area (Å²) in [7, 11) is 0. The van der Waals surface area contributed by atoms with Gasteiger partial charge in [0, 0.05) is 5.54 Å². The molecule has 72 valence electrons. The van der Waals surface area contributed by atoms with Crippen LogP contribution in [-0.2, 0) is 0 Å². The van der Waals surface area contributed by atoms with Gasteiger partial charge in [-0.15, -0.1) is 0 Å². The number of allylic oxidation sites excluding steroid dienone is 2. The lowest BCUT2D eigenvalue weighted by molar-refractivity contribution is 0.592. The van der Waals surface area contributed by atoms with Gasteiger partial charge in [0.2, 0.25) is 0 Å². The second-order valence-corrected chi connectivity index (χ2v) is 4.08. The third kappa shape index (κ3) is 1.94. The van der Waals surface area contributed by atoms with Crippen molar-refractivity contribution in [2.75, 3.05) is 0 Å². The smallest absolute Gasteiger partial charge is 0.0354 e. The van der Waals surface area contributed by atoms with Crippen LogP contribution in [0.1, 0.15) is 18.9 Å². The monoisotopic (exact) mass is 185 g/mol. The standard InChI is InChI=1S/C13H15N/c1-13(14)9-5-8-12(10-13)11-6-3-2-4-7-11/h2-8,10H,9,14H2,1H3/t13-/m0/s1. The van der Waals surface area contributed by atoms with Crippen molar-refractivity contribution in [2.45, 2.75) is 18.9 Å². The summed E-state index contributed by atoms with van der Waals surface area (Å²) >= 11 is 0. The van der Waals surface area contributed by atoms with Crippen LogP contribution in [0.2, 0.25) is 0 Å². The maximum Gasteiger partial charge on any atom is 0.0354 e. The Labute approximate surface area is 84.9 Å². The molecule has 0 saturated heterocycles. The van der Waals surface area contributed by atoms with Gasteiger partial charge in [0.15, 0.2) is 0 Å². The van der Waals surface area contributed by atoms with E-state index in [1.807, 2.05) is 18.2 Å².